The minimum atomic E-state index is -0.479. The highest BCUT2D eigenvalue weighted by molar-refractivity contribution is 9.10. The van der Waals surface area contributed by atoms with Crippen LogP contribution in [0.1, 0.15) is 12.5 Å². The summed E-state index contributed by atoms with van der Waals surface area (Å²) in [6.45, 7) is 2.84. The molecule has 8 nitrogen and oxygen atoms in total. The van der Waals surface area contributed by atoms with E-state index < -0.39 is 11.8 Å². The third-order valence-corrected chi connectivity index (χ3v) is 5.78. The Labute approximate surface area is 217 Å². The molecule has 1 aliphatic heterocycles. The molecule has 0 unspecified atom stereocenters. The van der Waals surface area contributed by atoms with Crippen molar-refractivity contribution in [1.82, 2.24) is 5.43 Å². The van der Waals surface area contributed by atoms with Gasteiger partial charge >= 0.3 is 0 Å². The molecule has 1 N–H and O–H groups in total. The van der Waals surface area contributed by atoms with Gasteiger partial charge in [0.25, 0.3) is 11.8 Å². The van der Waals surface area contributed by atoms with Gasteiger partial charge in [-0.3, -0.25) is 15.0 Å². The van der Waals surface area contributed by atoms with E-state index in [1.165, 1.54) is 11.1 Å². The molecule has 0 bridgehead atoms. The maximum absolute atomic E-state index is 12.9. The van der Waals surface area contributed by atoms with E-state index in [4.69, 9.17) is 18.9 Å². The highest BCUT2D eigenvalue weighted by Gasteiger charge is 2.34. The number of benzene rings is 3. The molecule has 0 aliphatic carbocycles. The minimum absolute atomic E-state index is 0.0218. The van der Waals surface area contributed by atoms with Gasteiger partial charge in [0.15, 0.2) is 11.5 Å². The van der Waals surface area contributed by atoms with Crippen molar-refractivity contribution in [2.75, 3.05) is 31.9 Å². The maximum atomic E-state index is 12.9. The van der Waals surface area contributed by atoms with Gasteiger partial charge < -0.3 is 18.9 Å². The number of ether oxygens (including phenoxy) is 4. The second-order valence-electron chi connectivity index (χ2n) is 7.61. The van der Waals surface area contributed by atoms with Crippen molar-refractivity contribution in [2.45, 2.75) is 6.92 Å². The average molecular weight is 553 g/mol. The van der Waals surface area contributed by atoms with E-state index in [1.54, 1.807) is 49.6 Å². The lowest BCUT2D eigenvalue weighted by Crippen LogP contribution is -2.35. The summed E-state index contributed by atoms with van der Waals surface area (Å²) in [4.78, 5) is 25.4. The number of nitrogens with zero attached hydrogens (tertiary/aromatic N) is 1. The highest BCUT2D eigenvalue weighted by atomic mass is 79.9. The Morgan fingerprint density at radius 1 is 0.917 bits per heavy atom. The third kappa shape index (κ3) is 5.80. The van der Waals surface area contributed by atoms with Crippen molar-refractivity contribution >= 4 is 39.5 Å². The molecule has 4 rings (SSSR count). The predicted octanol–water partition coefficient (Wildman–Crippen LogP) is 4.78. The number of anilines is 1. The zero-order valence-corrected chi connectivity index (χ0v) is 21.4. The number of methoxy groups -OCH3 is 1. The van der Waals surface area contributed by atoms with Crippen molar-refractivity contribution in [1.29, 1.82) is 0 Å². The van der Waals surface area contributed by atoms with Crippen LogP contribution < -0.4 is 29.4 Å². The molecular formula is C27H25BrN2O6. The molecule has 1 saturated heterocycles. The molecule has 1 heterocycles. The number of hydrazine groups is 1. The second-order valence-corrected chi connectivity index (χ2v) is 8.47. The molecule has 9 heteroatoms. The van der Waals surface area contributed by atoms with Crippen LogP contribution in [0, 0.1) is 0 Å². The average Bonchev–Trinajstić information content (AvgIpc) is 3.17. The summed E-state index contributed by atoms with van der Waals surface area (Å²) in [6.07, 6.45) is 1.53. The van der Waals surface area contributed by atoms with Crippen LogP contribution in [0.3, 0.4) is 0 Å². The van der Waals surface area contributed by atoms with Gasteiger partial charge in [-0.15, -0.1) is 0 Å². The largest absolute Gasteiger partial charge is 0.497 e. The van der Waals surface area contributed by atoms with Crippen LogP contribution in [-0.2, 0) is 9.59 Å². The Balaban J connectivity index is 1.48. The Kier molecular flexibility index (Phi) is 8.12. The van der Waals surface area contributed by atoms with Crippen LogP contribution in [0.2, 0.25) is 0 Å². The summed E-state index contributed by atoms with van der Waals surface area (Å²) in [5.74, 6) is 1.45. The van der Waals surface area contributed by atoms with Crippen LogP contribution in [-0.4, -0.2) is 38.7 Å². The number of rotatable bonds is 10. The molecule has 0 aromatic heterocycles. The predicted molar refractivity (Wildman–Crippen MR) is 139 cm³/mol. The number of halogens is 1. The lowest BCUT2D eigenvalue weighted by atomic mass is 10.1. The summed E-state index contributed by atoms with van der Waals surface area (Å²) >= 11 is 3.52. The van der Waals surface area contributed by atoms with E-state index in [2.05, 4.69) is 21.4 Å². The zero-order valence-electron chi connectivity index (χ0n) is 19.8. The lowest BCUT2D eigenvalue weighted by Gasteiger charge is -2.15. The fourth-order valence-electron chi connectivity index (χ4n) is 3.55. The Morgan fingerprint density at radius 3 is 2.42 bits per heavy atom. The summed E-state index contributed by atoms with van der Waals surface area (Å²) in [5, 5.41) is 1.23. The smallest absolute Gasteiger partial charge is 0.282 e. The molecule has 36 heavy (non-hydrogen) atoms. The highest BCUT2D eigenvalue weighted by Crippen LogP contribution is 2.38. The zero-order chi connectivity index (χ0) is 25.5. The van der Waals surface area contributed by atoms with E-state index in [0.717, 1.165) is 0 Å². The van der Waals surface area contributed by atoms with Gasteiger partial charge in [0.1, 0.15) is 30.3 Å². The molecule has 3 aromatic rings. The Hall–Kier alpha value is -3.98. The van der Waals surface area contributed by atoms with Crippen molar-refractivity contribution in [2.24, 2.45) is 0 Å². The topological polar surface area (TPSA) is 86.3 Å². The summed E-state index contributed by atoms with van der Waals surface area (Å²) in [6, 6.07) is 19.7. The maximum Gasteiger partial charge on any atom is 0.282 e. The number of hydrogen-bond donors (Lipinski definition) is 1. The number of carbonyl (C=O) groups excluding carboxylic acids is 2. The van der Waals surface area contributed by atoms with Crippen LogP contribution in [0.5, 0.6) is 23.0 Å². The quantitative estimate of drug-likeness (QED) is 0.221. The van der Waals surface area contributed by atoms with Gasteiger partial charge in [-0.2, -0.15) is 0 Å². The first kappa shape index (κ1) is 25.1. The van der Waals surface area contributed by atoms with Crippen molar-refractivity contribution in [3.8, 4) is 23.0 Å². The van der Waals surface area contributed by atoms with E-state index in [9.17, 15) is 9.59 Å². The van der Waals surface area contributed by atoms with Crippen LogP contribution in [0.25, 0.3) is 6.08 Å². The molecule has 0 radical (unpaired) electrons. The second kappa shape index (κ2) is 11.6. The monoisotopic (exact) mass is 552 g/mol. The number of nitrogens with one attached hydrogen (secondary N) is 1. The van der Waals surface area contributed by atoms with Crippen LogP contribution >= 0.6 is 15.9 Å². The van der Waals surface area contributed by atoms with Crippen LogP contribution in [0.15, 0.2) is 76.8 Å². The minimum Gasteiger partial charge on any atom is -0.497 e. The molecule has 0 atom stereocenters. The molecule has 186 valence electrons. The molecule has 2 amide bonds. The van der Waals surface area contributed by atoms with Gasteiger partial charge in [0, 0.05) is 6.07 Å². The number of para-hydroxylation sites is 1. The van der Waals surface area contributed by atoms with Gasteiger partial charge in [0.05, 0.1) is 23.9 Å². The van der Waals surface area contributed by atoms with Crippen molar-refractivity contribution in [3.05, 3.63) is 82.3 Å². The molecule has 1 aliphatic rings. The standard InChI is InChI=1S/C27H25BrN2O6/c1-3-34-24-16-18(14-22-26(31)29-30(27(22)32)19-8-5-4-6-9-19)15-23(28)25(24)36-13-12-35-21-11-7-10-20(17-21)33-2/h4-11,14-17H,3,12-13H2,1-2H3,(H,29,31)/b22-14+. The van der Waals surface area contributed by atoms with Crippen molar-refractivity contribution in [3.63, 3.8) is 0 Å². The fraction of sp³-hybridized carbons (Fsp3) is 0.185. The summed E-state index contributed by atoms with van der Waals surface area (Å²) in [5.41, 5.74) is 3.81. The van der Waals surface area contributed by atoms with Gasteiger partial charge in [0.2, 0.25) is 0 Å². The molecular weight excluding hydrogens is 528 g/mol. The van der Waals surface area contributed by atoms with E-state index in [-0.39, 0.29) is 12.2 Å². The SMILES string of the molecule is CCOc1cc(/C=C2\C(=O)NN(c3ccccc3)C2=O)cc(Br)c1OCCOc1cccc(OC)c1. The molecule has 0 spiro atoms. The molecule has 3 aromatic carbocycles. The van der Waals surface area contributed by atoms with E-state index >= 15 is 0 Å². The van der Waals surface area contributed by atoms with Gasteiger partial charge in [-0.1, -0.05) is 24.3 Å². The van der Waals surface area contributed by atoms with Crippen molar-refractivity contribution < 1.29 is 28.5 Å². The van der Waals surface area contributed by atoms with Gasteiger partial charge in [-0.05, 0) is 70.9 Å². The number of carbonyl (C=O) groups is 2. The molecule has 0 saturated carbocycles. The van der Waals surface area contributed by atoms with Gasteiger partial charge in [-0.25, -0.2) is 5.01 Å². The summed E-state index contributed by atoms with van der Waals surface area (Å²) < 4.78 is 23.3. The first-order valence-electron chi connectivity index (χ1n) is 11.3. The number of amides is 2. The lowest BCUT2D eigenvalue weighted by molar-refractivity contribution is -0.117. The normalized spacial score (nSPS) is 14.1. The Bertz CT molecular complexity index is 1280. The first-order valence-corrected chi connectivity index (χ1v) is 12.1. The fourth-order valence-corrected chi connectivity index (χ4v) is 4.13. The first-order chi connectivity index (χ1) is 17.5. The molecule has 1 fully saturated rings. The Morgan fingerprint density at radius 2 is 1.67 bits per heavy atom. The number of hydrogen-bond acceptors (Lipinski definition) is 6. The van der Waals surface area contributed by atoms with E-state index in [0.29, 0.717) is 51.9 Å². The van der Waals surface area contributed by atoms with Crippen LogP contribution in [0.4, 0.5) is 5.69 Å². The third-order valence-electron chi connectivity index (χ3n) is 5.19. The summed E-state index contributed by atoms with van der Waals surface area (Å²) in [7, 11) is 1.60. The van der Waals surface area contributed by atoms with E-state index in [1.807, 2.05) is 31.2 Å².